The third kappa shape index (κ3) is 8.38. The second-order valence-corrected chi connectivity index (χ2v) is 10.4. The first-order valence-electron chi connectivity index (χ1n) is 13.7. The molecular weight excluding hydrogens is 526 g/mol. The summed E-state index contributed by atoms with van der Waals surface area (Å²) < 4.78 is 0. The van der Waals surface area contributed by atoms with Gasteiger partial charge in [-0.2, -0.15) is 0 Å². The van der Waals surface area contributed by atoms with Crippen LogP contribution in [-0.2, 0) is 32.0 Å². The van der Waals surface area contributed by atoms with Crippen LogP contribution in [0.5, 0.6) is 0 Å². The SMILES string of the molecule is CCC(C)C(NC(=O)C(Cc1ccccc1)NC(=O)C(NC(=O)C(N)Cc1c[nH]c2ccccc12)C(C)O)C(=O)O. The molecule has 0 aliphatic carbocycles. The van der Waals surface area contributed by atoms with E-state index in [2.05, 4.69) is 20.9 Å². The Morgan fingerprint density at radius 1 is 0.854 bits per heavy atom. The molecule has 3 aromatic rings. The number of carboxylic acid groups (broad SMARTS) is 1. The first-order chi connectivity index (χ1) is 19.5. The smallest absolute Gasteiger partial charge is 0.326 e. The van der Waals surface area contributed by atoms with Crippen LogP contribution in [0.15, 0.2) is 60.8 Å². The van der Waals surface area contributed by atoms with Crippen molar-refractivity contribution in [1.29, 1.82) is 0 Å². The summed E-state index contributed by atoms with van der Waals surface area (Å²) in [6, 6.07) is 11.7. The summed E-state index contributed by atoms with van der Waals surface area (Å²) in [5.41, 5.74) is 8.62. The maximum atomic E-state index is 13.3. The third-order valence-electron chi connectivity index (χ3n) is 7.21. The van der Waals surface area contributed by atoms with Gasteiger partial charge in [0.25, 0.3) is 0 Å². The number of carboxylic acids is 1. The third-order valence-corrected chi connectivity index (χ3v) is 7.21. The van der Waals surface area contributed by atoms with Crippen LogP contribution in [-0.4, -0.2) is 69.2 Å². The molecule has 220 valence electrons. The molecule has 0 spiro atoms. The topological polar surface area (TPSA) is 187 Å². The molecule has 3 amide bonds. The molecule has 0 bridgehead atoms. The first-order valence-corrected chi connectivity index (χ1v) is 13.7. The Labute approximate surface area is 238 Å². The summed E-state index contributed by atoms with van der Waals surface area (Å²) in [5, 5.41) is 28.6. The second kappa shape index (κ2) is 14.4. The second-order valence-electron chi connectivity index (χ2n) is 10.4. The number of carbonyl (C=O) groups excluding carboxylic acids is 3. The molecular formula is C30H39N5O6. The van der Waals surface area contributed by atoms with Gasteiger partial charge in [-0.15, -0.1) is 0 Å². The molecule has 0 aliphatic rings. The van der Waals surface area contributed by atoms with Crippen molar-refractivity contribution in [3.8, 4) is 0 Å². The van der Waals surface area contributed by atoms with Crippen molar-refractivity contribution in [2.45, 2.75) is 70.3 Å². The number of H-pyrrole nitrogens is 1. The summed E-state index contributed by atoms with van der Waals surface area (Å²) in [7, 11) is 0. The number of nitrogens with one attached hydrogen (secondary N) is 4. The number of aliphatic hydroxyl groups excluding tert-OH is 1. The number of amides is 3. The first kappa shape index (κ1) is 31.3. The number of aromatic nitrogens is 1. The highest BCUT2D eigenvalue weighted by Crippen LogP contribution is 2.19. The van der Waals surface area contributed by atoms with Gasteiger partial charge in [0.2, 0.25) is 17.7 Å². The van der Waals surface area contributed by atoms with Gasteiger partial charge in [0, 0.05) is 23.5 Å². The lowest BCUT2D eigenvalue weighted by Crippen LogP contribution is -2.60. The highest BCUT2D eigenvalue weighted by Gasteiger charge is 2.33. The molecule has 0 aliphatic heterocycles. The summed E-state index contributed by atoms with van der Waals surface area (Å²) in [5.74, 6) is -3.69. The molecule has 11 nitrogen and oxygen atoms in total. The van der Waals surface area contributed by atoms with Gasteiger partial charge in [0.15, 0.2) is 0 Å². The lowest BCUT2D eigenvalue weighted by molar-refractivity contribution is -0.144. The largest absolute Gasteiger partial charge is 0.480 e. The average Bonchev–Trinajstić information content (AvgIpc) is 3.36. The van der Waals surface area contributed by atoms with Crippen molar-refractivity contribution in [1.82, 2.24) is 20.9 Å². The molecule has 6 unspecified atom stereocenters. The number of rotatable bonds is 14. The molecule has 0 fully saturated rings. The fourth-order valence-corrected chi connectivity index (χ4v) is 4.55. The van der Waals surface area contributed by atoms with E-state index >= 15 is 0 Å². The number of aliphatic hydroxyl groups is 1. The maximum absolute atomic E-state index is 13.3. The number of aromatic amines is 1. The van der Waals surface area contributed by atoms with Crippen LogP contribution >= 0.6 is 0 Å². The fraction of sp³-hybridized carbons (Fsp3) is 0.400. The van der Waals surface area contributed by atoms with Gasteiger partial charge in [0.05, 0.1) is 12.1 Å². The molecule has 0 saturated heterocycles. The van der Waals surface area contributed by atoms with E-state index in [1.807, 2.05) is 31.2 Å². The van der Waals surface area contributed by atoms with E-state index in [0.717, 1.165) is 22.0 Å². The van der Waals surface area contributed by atoms with E-state index in [1.54, 1.807) is 43.5 Å². The van der Waals surface area contributed by atoms with E-state index in [-0.39, 0.29) is 18.8 Å². The molecule has 11 heteroatoms. The summed E-state index contributed by atoms with van der Waals surface area (Å²) in [6.45, 7) is 4.86. The van der Waals surface area contributed by atoms with Gasteiger partial charge in [-0.25, -0.2) is 4.79 Å². The number of hydrogen-bond donors (Lipinski definition) is 7. The number of aliphatic carboxylic acids is 1. The number of para-hydroxylation sites is 1. The van der Waals surface area contributed by atoms with Gasteiger partial charge >= 0.3 is 5.97 Å². The van der Waals surface area contributed by atoms with Crippen LogP contribution in [0.2, 0.25) is 0 Å². The Hall–Kier alpha value is -4.22. The predicted molar refractivity (Wildman–Crippen MR) is 155 cm³/mol. The number of hydrogen-bond acceptors (Lipinski definition) is 6. The zero-order valence-electron chi connectivity index (χ0n) is 23.5. The number of carbonyl (C=O) groups is 4. The zero-order valence-corrected chi connectivity index (χ0v) is 23.5. The van der Waals surface area contributed by atoms with E-state index in [1.165, 1.54) is 6.92 Å². The van der Waals surface area contributed by atoms with Crippen LogP contribution in [0.25, 0.3) is 10.9 Å². The summed E-state index contributed by atoms with van der Waals surface area (Å²) in [4.78, 5) is 54.5. The number of fused-ring (bicyclic) bond motifs is 1. The Kier molecular flexibility index (Phi) is 11.0. The number of nitrogens with two attached hydrogens (primary N) is 1. The minimum absolute atomic E-state index is 0.0613. The van der Waals surface area contributed by atoms with Crippen LogP contribution in [0, 0.1) is 5.92 Å². The van der Waals surface area contributed by atoms with Gasteiger partial charge in [0.1, 0.15) is 18.1 Å². The lowest BCUT2D eigenvalue weighted by Gasteiger charge is -2.27. The molecule has 1 aromatic heterocycles. The van der Waals surface area contributed by atoms with Crippen molar-refractivity contribution in [3.05, 3.63) is 71.9 Å². The molecule has 1 heterocycles. The molecule has 0 saturated carbocycles. The molecule has 8 N–H and O–H groups in total. The van der Waals surface area contributed by atoms with Crippen LogP contribution < -0.4 is 21.7 Å². The predicted octanol–water partition coefficient (Wildman–Crippen LogP) is 1.25. The van der Waals surface area contributed by atoms with E-state index < -0.39 is 54.0 Å². The zero-order chi connectivity index (χ0) is 30.1. The van der Waals surface area contributed by atoms with Gasteiger partial charge in [-0.05, 0) is 36.5 Å². The monoisotopic (exact) mass is 565 g/mol. The van der Waals surface area contributed by atoms with Crippen LogP contribution in [0.1, 0.15) is 38.3 Å². The van der Waals surface area contributed by atoms with Crippen LogP contribution in [0.3, 0.4) is 0 Å². The van der Waals surface area contributed by atoms with Crippen molar-refractivity contribution in [3.63, 3.8) is 0 Å². The standard InChI is InChI=1S/C30H39N5O6/c1-4-17(2)25(30(40)41)34-28(38)24(14-19-10-6-5-7-11-19)33-29(39)26(18(3)36)35-27(37)22(31)15-20-16-32-23-13-9-8-12-21(20)23/h5-13,16-18,22,24-26,32,36H,4,14-15,31H2,1-3H3,(H,33,39)(H,34,38)(H,35,37)(H,40,41). The highest BCUT2D eigenvalue weighted by atomic mass is 16.4. The Morgan fingerprint density at radius 3 is 2.12 bits per heavy atom. The van der Waals surface area contributed by atoms with Crippen molar-refractivity contribution < 1.29 is 29.4 Å². The normalized spacial score (nSPS) is 15.6. The van der Waals surface area contributed by atoms with Gasteiger partial charge in [-0.3, -0.25) is 14.4 Å². The van der Waals surface area contributed by atoms with Crippen molar-refractivity contribution in [2.75, 3.05) is 0 Å². The highest BCUT2D eigenvalue weighted by molar-refractivity contribution is 5.95. The molecule has 41 heavy (non-hydrogen) atoms. The van der Waals surface area contributed by atoms with E-state index in [9.17, 15) is 29.4 Å². The van der Waals surface area contributed by atoms with Crippen molar-refractivity contribution in [2.24, 2.45) is 11.7 Å². The number of benzene rings is 2. The Bertz CT molecular complexity index is 1340. The average molecular weight is 566 g/mol. The molecule has 0 radical (unpaired) electrons. The minimum Gasteiger partial charge on any atom is -0.480 e. The van der Waals surface area contributed by atoms with Gasteiger partial charge in [-0.1, -0.05) is 68.8 Å². The Morgan fingerprint density at radius 2 is 1.49 bits per heavy atom. The van der Waals surface area contributed by atoms with E-state index in [0.29, 0.717) is 6.42 Å². The molecule has 3 rings (SSSR count). The van der Waals surface area contributed by atoms with Gasteiger partial charge < -0.3 is 36.9 Å². The molecule has 6 atom stereocenters. The van der Waals surface area contributed by atoms with Crippen LogP contribution in [0.4, 0.5) is 0 Å². The summed E-state index contributed by atoms with van der Waals surface area (Å²) >= 11 is 0. The molecule has 2 aromatic carbocycles. The van der Waals surface area contributed by atoms with E-state index in [4.69, 9.17) is 5.73 Å². The summed E-state index contributed by atoms with van der Waals surface area (Å²) in [6.07, 6.45) is 1.22. The lowest BCUT2D eigenvalue weighted by atomic mass is 9.98. The minimum atomic E-state index is -1.41. The Balaban J connectivity index is 1.74. The quantitative estimate of drug-likeness (QED) is 0.153. The maximum Gasteiger partial charge on any atom is 0.326 e. The van der Waals surface area contributed by atoms with Crippen molar-refractivity contribution >= 4 is 34.6 Å². The fourth-order valence-electron chi connectivity index (χ4n) is 4.55.